The van der Waals surface area contributed by atoms with E-state index >= 15 is 0 Å². The Morgan fingerprint density at radius 3 is 1.13 bits per heavy atom. The minimum Gasteiger partial charge on any atom is -0.321 e. The second-order valence-corrected chi connectivity index (χ2v) is 12.4. The summed E-state index contributed by atoms with van der Waals surface area (Å²) < 4.78 is 9.58. The fraction of sp³-hybridized carbons (Fsp3) is 0.889. The van der Waals surface area contributed by atoms with Gasteiger partial charge in [-0.1, -0.05) is 60.0 Å². The lowest BCUT2D eigenvalue weighted by molar-refractivity contribution is 0.386. The Bertz CT molecular complexity index is 276. The van der Waals surface area contributed by atoms with Crippen molar-refractivity contribution in [3.05, 3.63) is 12.4 Å². The highest BCUT2D eigenvalue weighted by molar-refractivity contribution is 7.75. The molecule has 0 aliphatic heterocycles. The average Bonchev–Trinajstić information content (AvgIpc) is 2.53. The SMILES string of the molecule is C=CP(=O)(O)O.CCCC[P+](CCCC)(CCCC)CCCC. The number of hydrogen-bond acceptors (Lipinski definition) is 1. The molecular weight excluding hydrogens is 326 g/mol. The Balaban J connectivity index is 0. The van der Waals surface area contributed by atoms with Gasteiger partial charge in [-0.05, 0) is 25.7 Å². The van der Waals surface area contributed by atoms with Gasteiger partial charge in [0.25, 0.3) is 0 Å². The molecule has 0 saturated heterocycles. The molecule has 0 heterocycles. The van der Waals surface area contributed by atoms with Gasteiger partial charge in [-0.3, -0.25) is 4.57 Å². The molecule has 0 atom stereocenters. The molecule has 0 fully saturated rings. The minimum atomic E-state index is -3.88. The quantitative estimate of drug-likeness (QED) is 0.365. The predicted molar refractivity (Wildman–Crippen MR) is 108 cm³/mol. The van der Waals surface area contributed by atoms with E-state index in [-0.39, 0.29) is 0 Å². The first-order valence-corrected chi connectivity index (χ1v) is 13.6. The Morgan fingerprint density at radius 1 is 0.783 bits per heavy atom. The van der Waals surface area contributed by atoms with Crippen molar-refractivity contribution in [2.75, 3.05) is 24.6 Å². The summed E-state index contributed by atoms with van der Waals surface area (Å²) in [6.07, 6.45) is 17.9. The second kappa shape index (κ2) is 15.8. The molecule has 0 aromatic rings. The smallest absolute Gasteiger partial charge is 0.321 e. The van der Waals surface area contributed by atoms with Gasteiger partial charge in [0.2, 0.25) is 0 Å². The lowest BCUT2D eigenvalue weighted by atomic mass is 10.4. The first-order valence-electron chi connectivity index (χ1n) is 9.34. The summed E-state index contributed by atoms with van der Waals surface area (Å²) in [6.45, 7) is 12.3. The lowest BCUT2D eigenvalue weighted by Gasteiger charge is -2.28. The molecule has 140 valence electrons. The van der Waals surface area contributed by atoms with Crippen LogP contribution in [0.15, 0.2) is 12.4 Å². The molecule has 0 aliphatic carbocycles. The minimum absolute atomic E-state index is 0.562. The van der Waals surface area contributed by atoms with Crippen LogP contribution in [0, 0.1) is 0 Å². The first kappa shape index (κ1) is 25.6. The van der Waals surface area contributed by atoms with Crippen LogP contribution in [0.3, 0.4) is 0 Å². The fourth-order valence-corrected chi connectivity index (χ4v) is 7.93. The van der Waals surface area contributed by atoms with E-state index in [1.165, 1.54) is 51.4 Å². The zero-order valence-electron chi connectivity index (χ0n) is 16.0. The highest BCUT2D eigenvalue weighted by Crippen LogP contribution is 2.61. The summed E-state index contributed by atoms with van der Waals surface area (Å²) in [4.78, 5) is 15.6. The van der Waals surface area contributed by atoms with E-state index in [2.05, 4.69) is 34.3 Å². The highest BCUT2D eigenvalue weighted by atomic mass is 31.2. The van der Waals surface area contributed by atoms with Crippen LogP contribution >= 0.6 is 14.9 Å². The molecule has 3 nitrogen and oxygen atoms in total. The summed E-state index contributed by atoms with van der Waals surface area (Å²) >= 11 is 0. The molecule has 5 heteroatoms. The summed E-state index contributed by atoms with van der Waals surface area (Å²) in [5.74, 6) is 0.604. The van der Waals surface area contributed by atoms with Crippen molar-refractivity contribution in [3.8, 4) is 0 Å². The Hall–Kier alpha value is 0.320. The van der Waals surface area contributed by atoms with E-state index < -0.39 is 14.9 Å². The first-order chi connectivity index (χ1) is 10.8. The van der Waals surface area contributed by atoms with Crippen molar-refractivity contribution >= 4 is 14.9 Å². The molecule has 0 aliphatic rings. The molecule has 0 aromatic carbocycles. The maximum absolute atomic E-state index is 9.58. The van der Waals surface area contributed by atoms with E-state index in [4.69, 9.17) is 9.79 Å². The van der Waals surface area contributed by atoms with Crippen molar-refractivity contribution in [1.82, 2.24) is 0 Å². The van der Waals surface area contributed by atoms with Gasteiger partial charge in [0.1, 0.15) is 0 Å². The van der Waals surface area contributed by atoms with Crippen molar-refractivity contribution in [1.29, 1.82) is 0 Å². The molecule has 0 rings (SSSR count). The summed E-state index contributed by atoms with van der Waals surface area (Å²) in [7, 11) is -4.44. The van der Waals surface area contributed by atoms with Crippen LogP contribution in [0.1, 0.15) is 79.1 Å². The molecule has 0 aromatic heterocycles. The Labute approximate surface area is 145 Å². The van der Waals surface area contributed by atoms with Crippen LogP contribution in [0.2, 0.25) is 0 Å². The van der Waals surface area contributed by atoms with E-state index in [0.29, 0.717) is 5.82 Å². The molecule has 23 heavy (non-hydrogen) atoms. The predicted octanol–water partition coefficient (Wildman–Crippen LogP) is 6.51. The lowest BCUT2D eigenvalue weighted by Crippen LogP contribution is -2.12. The molecule has 0 radical (unpaired) electrons. The molecule has 0 spiro atoms. The topological polar surface area (TPSA) is 57.5 Å². The van der Waals surface area contributed by atoms with Crippen LogP contribution in [0.4, 0.5) is 0 Å². The molecular formula is C18H41O3P2+. The van der Waals surface area contributed by atoms with E-state index in [1.54, 1.807) is 24.6 Å². The zero-order chi connectivity index (χ0) is 18.2. The Kier molecular flexibility index (Phi) is 17.6. The third kappa shape index (κ3) is 16.9. The van der Waals surface area contributed by atoms with Crippen LogP contribution in [0.5, 0.6) is 0 Å². The van der Waals surface area contributed by atoms with Gasteiger partial charge in [-0.25, -0.2) is 0 Å². The van der Waals surface area contributed by atoms with Crippen molar-refractivity contribution in [2.45, 2.75) is 79.1 Å². The van der Waals surface area contributed by atoms with Crippen molar-refractivity contribution in [2.24, 2.45) is 0 Å². The van der Waals surface area contributed by atoms with E-state index in [9.17, 15) is 4.57 Å². The molecule has 2 N–H and O–H groups in total. The zero-order valence-corrected chi connectivity index (χ0v) is 17.8. The summed E-state index contributed by atoms with van der Waals surface area (Å²) in [5.41, 5.74) is 0. The standard InChI is InChI=1S/C16H36P.C2H5O3P/c1-5-9-13-17(14-10-6-2,15-11-7-3)16-12-8-4;1-2-6(3,4)5/h5-16H2,1-4H3;2H,1H2,(H2,3,4,5)/q+1;. The van der Waals surface area contributed by atoms with Gasteiger partial charge in [0, 0.05) is 13.1 Å². The van der Waals surface area contributed by atoms with Gasteiger partial charge in [0.05, 0.1) is 24.6 Å². The summed E-state index contributed by atoms with van der Waals surface area (Å²) in [5, 5.41) is 0. The number of unbranched alkanes of at least 4 members (excludes halogenated alkanes) is 4. The van der Waals surface area contributed by atoms with Crippen LogP contribution in [0.25, 0.3) is 0 Å². The second-order valence-electron chi connectivity index (χ2n) is 6.42. The third-order valence-electron chi connectivity index (χ3n) is 4.18. The Morgan fingerprint density at radius 2 is 1.00 bits per heavy atom. The van der Waals surface area contributed by atoms with Gasteiger partial charge < -0.3 is 9.79 Å². The fourth-order valence-electron chi connectivity index (χ4n) is 2.64. The number of hydrogen-bond donors (Lipinski definition) is 2. The van der Waals surface area contributed by atoms with Gasteiger partial charge in [-0.15, -0.1) is 0 Å². The third-order valence-corrected chi connectivity index (χ3v) is 9.72. The van der Waals surface area contributed by atoms with Crippen molar-refractivity contribution in [3.63, 3.8) is 0 Å². The molecule has 0 amide bonds. The maximum Gasteiger partial charge on any atom is 0.348 e. The van der Waals surface area contributed by atoms with Gasteiger partial charge in [-0.2, -0.15) is 0 Å². The van der Waals surface area contributed by atoms with Crippen LogP contribution < -0.4 is 0 Å². The van der Waals surface area contributed by atoms with Crippen LogP contribution in [-0.4, -0.2) is 34.4 Å². The highest BCUT2D eigenvalue weighted by Gasteiger charge is 2.34. The van der Waals surface area contributed by atoms with Gasteiger partial charge in [0.15, 0.2) is 0 Å². The summed E-state index contributed by atoms with van der Waals surface area (Å²) in [6, 6.07) is 0. The normalized spacial score (nSPS) is 11.7. The number of rotatable bonds is 13. The van der Waals surface area contributed by atoms with Crippen LogP contribution in [-0.2, 0) is 4.57 Å². The van der Waals surface area contributed by atoms with Gasteiger partial charge >= 0.3 is 7.60 Å². The maximum atomic E-state index is 9.58. The van der Waals surface area contributed by atoms with E-state index in [0.717, 1.165) is 0 Å². The largest absolute Gasteiger partial charge is 0.348 e. The molecule has 0 saturated carbocycles. The average molecular weight is 367 g/mol. The monoisotopic (exact) mass is 367 g/mol. The van der Waals surface area contributed by atoms with Crippen molar-refractivity contribution < 1.29 is 14.4 Å². The van der Waals surface area contributed by atoms with E-state index in [1.807, 2.05) is 0 Å². The molecule has 0 bridgehead atoms. The molecule has 0 unspecified atom stereocenters.